The number of hydrogen-bond donors (Lipinski definition) is 3. The van der Waals surface area contributed by atoms with Crippen molar-refractivity contribution in [3.63, 3.8) is 0 Å². The lowest BCUT2D eigenvalue weighted by atomic mass is 10.00. The summed E-state index contributed by atoms with van der Waals surface area (Å²) in [6, 6.07) is 5.80. The first kappa shape index (κ1) is 24.0. The zero-order valence-corrected chi connectivity index (χ0v) is 19.2. The monoisotopic (exact) mass is 436 g/mol. The van der Waals surface area contributed by atoms with Crippen molar-refractivity contribution in [1.82, 2.24) is 20.9 Å². The van der Waals surface area contributed by atoms with E-state index in [1.165, 1.54) is 0 Å². The normalized spacial score (nSPS) is 16.2. The van der Waals surface area contributed by atoms with E-state index in [1.807, 2.05) is 34.6 Å². The van der Waals surface area contributed by atoms with E-state index >= 15 is 0 Å². The van der Waals surface area contributed by atoms with Gasteiger partial charge in [0.05, 0.1) is 0 Å². The third-order valence-corrected chi connectivity index (χ3v) is 5.20. The predicted octanol–water partition coefficient (Wildman–Crippen LogP) is 3.18. The Morgan fingerprint density at radius 2 is 1.63 bits per heavy atom. The van der Waals surface area contributed by atoms with E-state index in [1.54, 1.807) is 29.2 Å². The molecule has 1 aromatic carbocycles. The fourth-order valence-electron chi connectivity index (χ4n) is 3.28. The van der Waals surface area contributed by atoms with Crippen LogP contribution in [0.5, 0.6) is 0 Å². The number of carbonyl (C=O) groups is 3. The third kappa shape index (κ3) is 7.20. The highest BCUT2D eigenvalue weighted by molar-refractivity contribution is 6.30. The summed E-state index contributed by atoms with van der Waals surface area (Å²) >= 11 is 5.87. The van der Waals surface area contributed by atoms with E-state index in [-0.39, 0.29) is 35.3 Å². The maximum atomic E-state index is 12.8. The Bertz CT molecular complexity index is 751. The van der Waals surface area contributed by atoms with Crippen molar-refractivity contribution in [2.24, 2.45) is 5.92 Å². The Hall–Kier alpha value is -2.28. The molecule has 0 bridgehead atoms. The second-order valence-corrected chi connectivity index (χ2v) is 9.59. The van der Waals surface area contributed by atoms with Crippen LogP contribution in [0.15, 0.2) is 24.3 Å². The SMILES string of the molecule is CC(C)[C@@H](NC(=O)c1ccc(Cl)cc1)C(=O)NC1CCN(C(=O)NC(C)(C)C)CC1. The molecule has 7 nitrogen and oxygen atoms in total. The van der Waals surface area contributed by atoms with Crippen LogP contribution in [-0.4, -0.2) is 53.5 Å². The van der Waals surface area contributed by atoms with Gasteiger partial charge >= 0.3 is 6.03 Å². The summed E-state index contributed by atoms with van der Waals surface area (Å²) in [4.78, 5) is 39.4. The smallest absolute Gasteiger partial charge is 0.317 e. The van der Waals surface area contributed by atoms with Crippen LogP contribution >= 0.6 is 11.6 Å². The molecule has 0 aromatic heterocycles. The minimum atomic E-state index is -0.643. The van der Waals surface area contributed by atoms with Crippen molar-refractivity contribution in [1.29, 1.82) is 0 Å². The first-order chi connectivity index (χ1) is 14.0. The Morgan fingerprint density at radius 1 is 1.07 bits per heavy atom. The number of likely N-dealkylation sites (tertiary alicyclic amines) is 1. The van der Waals surface area contributed by atoms with Crippen molar-refractivity contribution >= 4 is 29.4 Å². The Labute approximate surface area is 183 Å². The van der Waals surface area contributed by atoms with Gasteiger partial charge in [0.1, 0.15) is 6.04 Å². The lowest BCUT2D eigenvalue weighted by Crippen LogP contribution is -2.56. The van der Waals surface area contributed by atoms with Crippen molar-refractivity contribution in [2.75, 3.05) is 13.1 Å². The maximum absolute atomic E-state index is 12.8. The van der Waals surface area contributed by atoms with Crippen LogP contribution < -0.4 is 16.0 Å². The molecule has 1 aromatic rings. The van der Waals surface area contributed by atoms with Crippen molar-refractivity contribution in [2.45, 2.75) is 65.1 Å². The highest BCUT2D eigenvalue weighted by Gasteiger charge is 2.30. The van der Waals surface area contributed by atoms with Gasteiger partial charge in [-0.05, 0) is 63.8 Å². The molecule has 8 heteroatoms. The van der Waals surface area contributed by atoms with Crippen LogP contribution in [0.25, 0.3) is 0 Å². The summed E-state index contributed by atoms with van der Waals surface area (Å²) in [5, 5.41) is 9.38. The molecule has 3 N–H and O–H groups in total. The summed E-state index contributed by atoms with van der Waals surface area (Å²) in [5.74, 6) is -0.585. The fourth-order valence-corrected chi connectivity index (χ4v) is 3.40. The standard InChI is InChI=1S/C22H33ClN4O3/c1-14(2)18(25-19(28)15-6-8-16(23)9-7-15)20(29)24-17-10-12-27(13-11-17)21(30)26-22(3,4)5/h6-9,14,17-18H,10-13H2,1-5H3,(H,24,29)(H,25,28)(H,26,30)/t18-/m1/s1. The Balaban J connectivity index is 1.89. The highest BCUT2D eigenvalue weighted by Crippen LogP contribution is 2.14. The highest BCUT2D eigenvalue weighted by atomic mass is 35.5. The number of nitrogens with one attached hydrogen (secondary N) is 3. The van der Waals surface area contributed by atoms with Crippen LogP contribution in [0.1, 0.15) is 57.8 Å². The van der Waals surface area contributed by atoms with Gasteiger partial charge in [-0.3, -0.25) is 9.59 Å². The number of nitrogens with zero attached hydrogens (tertiary/aromatic N) is 1. The van der Waals surface area contributed by atoms with Crippen LogP contribution in [-0.2, 0) is 4.79 Å². The Kier molecular flexibility index (Phi) is 8.12. The summed E-state index contributed by atoms with van der Waals surface area (Å²) < 4.78 is 0. The van der Waals surface area contributed by atoms with Gasteiger partial charge in [-0.15, -0.1) is 0 Å². The Morgan fingerprint density at radius 3 is 2.13 bits per heavy atom. The molecule has 1 fully saturated rings. The van der Waals surface area contributed by atoms with Gasteiger partial charge in [0.2, 0.25) is 5.91 Å². The first-order valence-electron chi connectivity index (χ1n) is 10.4. The number of benzene rings is 1. The van der Waals surface area contributed by atoms with Gasteiger partial charge in [0, 0.05) is 35.3 Å². The molecule has 0 spiro atoms. The van der Waals surface area contributed by atoms with Crippen LogP contribution in [0.3, 0.4) is 0 Å². The number of rotatable bonds is 5. The summed E-state index contributed by atoms with van der Waals surface area (Å²) in [5.41, 5.74) is 0.172. The molecule has 1 aliphatic heterocycles. The molecule has 166 valence electrons. The number of carbonyl (C=O) groups excluding carboxylic acids is 3. The lowest BCUT2D eigenvalue weighted by Gasteiger charge is -2.35. The second kappa shape index (κ2) is 10.2. The minimum Gasteiger partial charge on any atom is -0.351 e. The second-order valence-electron chi connectivity index (χ2n) is 9.15. The van der Waals surface area contributed by atoms with E-state index in [4.69, 9.17) is 11.6 Å². The molecule has 0 saturated carbocycles. The molecule has 30 heavy (non-hydrogen) atoms. The zero-order chi connectivity index (χ0) is 22.5. The summed E-state index contributed by atoms with van der Waals surface area (Å²) in [6.45, 7) is 10.8. The molecule has 0 unspecified atom stereocenters. The summed E-state index contributed by atoms with van der Waals surface area (Å²) in [7, 11) is 0. The first-order valence-corrected chi connectivity index (χ1v) is 10.8. The van der Waals surface area contributed by atoms with Crippen LogP contribution in [0.2, 0.25) is 5.02 Å². The largest absolute Gasteiger partial charge is 0.351 e. The maximum Gasteiger partial charge on any atom is 0.317 e. The molecule has 1 saturated heterocycles. The third-order valence-electron chi connectivity index (χ3n) is 4.95. The van der Waals surface area contributed by atoms with Gasteiger partial charge in [0.15, 0.2) is 0 Å². The molecule has 0 aliphatic carbocycles. The molecule has 1 heterocycles. The molecule has 1 aliphatic rings. The topological polar surface area (TPSA) is 90.5 Å². The average molecular weight is 437 g/mol. The number of halogens is 1. The van der Waals surface area contributed by atoms with Gasteiger partial charge in [0.25, 0.3) is 5.91 Å². The van der Waals surface area contributed by atoms with E-state index in [0.717, 1.165) is 0 Å². The average Bonchev–Trinajstić information content (AvgIpc) is 2.65. The quantitative estimate of drug-likeness (QED) is 0.662. The van der Waals surface area contributed by atoms with Crippen LogP contribution in [0, 0.1) is 5.92 Å². The van der Waals surface area contributed by atoms with Crippen molar-refractivity contribution in [3.05, 3.63) is 34.9 Å². The van der Waals surface area contributed by atoms with Gasteiger partial charge in [-0.25, -0.2) is 4.79 Å². The van der Waals surface area contributed by atoms with Gasteiger partial charge < -0.3 is 20.9 Å². The predicted molar refractivity (Wildman–Crippen MR) is 119 cm³/mol. The van der Waals surface area contributed by atoms with E-state index < -0.39 is 6.04 Å². The van der Waals surface area contributed by atoms with E-state index in [9.17, 15) is 14.4 Å². The number of hydrogen-bond acceptors (Lipinski definition) is 3. The van der Waals surface area contributed by atoms with Crippen LogP contribution in [0.4, 0.5) is 4.79 Å². The molecule has 4 amide bonds. The lowest BCUT2D eigenvalue weighted by molar-refractivity contribution is -0.124. The molecular formula is C22H33ClN4O3. The zero-order valence-electron chi connectivity index (χ0n) is 18.4. The fraction of sp³-hybridized carbons (Fsp3) is 0.591. The van der Waals surface area contributed by atoms with Crippen molar-refractivity contribution in [3.8, 4) is 0 Å². The van der Waals surface area contributed by atoms with Crippen molar-refractivity contribution < 1.29 is 14.4 Å². The molecule has 0 radical (unpaired) electrons. The van der Waals surface area contributed by atoms with E-state index in [0.29, 0.717) is 36.5 Å². The number of piperidine rings is 1. The minimum absolute atomic E-state index is 0.0233. The van der Waals surface area contributed by atoms with Gasteiger partial charge in [-0.1, -0.05) is 25.4 Å². The van der Waals surface area contributed by atoms with E-state index in [2.05, 4.69) is 16.0 Å². The molecule has 1 atom stereocenters. The summed E-state index contributed by atoms with van der Waals surface area (Å²) in [6.07, 6.45) is 1.36. The molecular weight excluding hydrogens is 404 g/mol. The molecule has 2 rings (SSSR count). The van der Waals surface area contributed by atoms with Gasteiger partial charge in [-0.2, -0.15) is 0 Å². The number of urea groups is 1. The number of amides is 4.